The molecule has 6 nitrogen and oxygen atoms in total. The first-order valence-electron chi connectivity index (χ1n) is 10.6. The molecule has 0 spiro atoms. The molecule has 1 unspecified atom stereocenters. The molecule has 2 aromatic rings. The molecule has 1 atom stereocenters. The van der Waals surface area contributed by atoms with Crippen LogP contribution in [0.15, 0.2) is 48.5 Å². The van der Waals surface area contributed by atoms with Crippen molar-refractivity contribution in [2.75, 3.05) is 13.6 Å². The number of nitrogens with zero attached hydrogens (tertiary/aromatic N) is 1. The van der Waals surface area contributed by atoms with Crippen molar-refractivity contribution in [2.45, 2.75) is 58.7 Å². The summed E-state index contributed by atoms with van der Waals surface area (Å²) in [6.45, 7) is 7.59. The first-order chi connectivity index (χ1) is 14.6. The molecule has 0 fully saturated rings. The number of hydrogen-bond acceptors (Lipinski definition) is 5. The van der Waals surface area contributed by atoms with Crippen molar-refractivity contribution in [3.05, 3.63) is 65.2 Å². The van der Waals surface area contributed by atoms with Crippen LogP contribution in [0.2, 0.25) is 0 Å². The van der Waals surface area contributed by atoms with Gasteiger partial charge in [0.15, 0.2) is 0 Å². The Labute approximate surface area is 184 Å². The Kier molecular flexibility index (Phi) is 8.63. The van der Waals surface area contributed by atoms with Gasteiger partial charge in [0, 0.05) is 7.05 Å². The van der Waals surface area contributed by atoms with Gasteiger partial charge < -0.3 is 19.5 Å². The van der Waals surface area contributed by atoms with Gasteiger partial charge in [-0.15, -0.1) is 0 Å². The molecule has 6 heteroatoms. The molecular formula is C25H33NO5. The highest BCUT2D eigenvalue weighted by molar-refractivity contribution is 5.91. The standard InChI is InChI=1S/C25H33NO5/c1-6-7-8-18-9-11-20(12-10-18)23(28)30-21-15-13-19(14-16-21)22(27)17-26(5)24(29)31-25(2,3)4/h9-16,22,27H,6-8,17H2,1-5H3. The van der Waals surface area contributed by atoms with Crippen LogP contribution < -0.4 is 4.74 Å². The number of unbranched alkanes of at least 4 members (excludes halogenated alkanes) is 1. The van der Waals surface area contributed by atoms with E-state index in [1.54, 1.807) is 64.2 Å². The molecule has 0 aliphatic carbocycles. The number of aliphatic hydroxyl groups is 1. The molecule has 0 saturated carbocycles. The maximum Gasteiger partial charge on any atom is 0.410 e. The van der Waals surface area contributed by atoms with Crippen LogP contribution in [-0.4, -0.2) is 41.3 Å². The number of ether oxygens (including phenoxy) is 2. The molecule has 0 heterocycles. The van der Waals surface area contributed by atoms with Gasteiger partial charge in [-0.1, -0.05) is 37.6 Å². The predicted octanol–water partition coefficient (Wildman–Crippen LogP) is 5.15. The molecule has 0 aliphatic rings. The van der Waals surface area contributed by atoms with Crippen LogP contribution in [0.5, 0.6) is 5.75 Å². The number of aryl methyl sites for hydroxylation is 1. The summed E-state index contributed by atoms with van der Waals surface area (Å²) in [7, 11) is 1.57. The average molecular weight is 428 g/mol. The maximum atomic E-state index is 12.4. The molecule has 0 radical (unpaired) electrons. The Hall–Kier alpha value is -2.86. The lowest BCUT2D eigenvalue weighted by Crippen LogP contribution is -2.36. The highest BCUT2D eigenvalue weighted by Gasteiger charge is 2.22. The number of carbonyl (C=O) groups excluding carboxylic acids is 2. The van der Waals surface area contributed by atoms with Crippen molar-refractivity contribution in [1.82, 2.24) is 4.90 Å². The van der Waals surface area contributed by atoms with Gasteiger partial charge >= 0.3 is 12.1 Å². The van der Waals surface area contributed by atoms with E-state index >= 15 is 0 Å². The van der Waals surface area contributed by atoms with Crippen LogP contribution in [0.4, 0.5) is 4.79 Å². The number of rotatable bonds is 8. The summed E-state index contributed by atoms with van der Waals surface area (Å²) in [4.78, 5) is 25.7. The van der Waals surface area contributed by atoms with E-state index in [4.69, 9.17) is 9.47 Å². The van der Waals surface area contributed by atoms with Crippen molar-refractivity contribution in [1.29, 1.82) is 0 Å². The third-order valence-corrected chi connectivity index (χ3v) is 4.64. The number of aliphatic hydroxyl groups excluding tert-OH is 1. The number of carbonyl (C=O) groups is 2. The highest BCUT2D eigenvalue weighted by atomic mass is 16.6. The Morgan fingerprint density at radius 3 is 2.19 bits per heavy atom. The van der Waals surface area contributed by atoms with E-state index in [9.17, 15) is 14.7 Å². The number of esters is 1. The van der Waals surface area contributed by atoms with Crippen molar-refractivity contribution in [3.63, 3.8) is 0 Å². The molecular weight excluding hydrogens is 394 g/mol. The maximum absolute atomic E-state index is 12.4. The predicted molar refractivity (Wildman–Crippen MR) is 120 cm³/mol. The van der Waals surface area contributed by atoms with E-state index < -0.39 is 23.8 Å². The minimum atomic E-state index is -0.891. The topological polar surface area (TPSA) is 76.1 Å². The Balaban J connectivity index is 1.92. The summed E-state index contributed by atoms with van der Waals surface area (Å²) in [6, 6.07) is 14.0. The van der Waals surface area contributed by atoms with E-state index in [1.807, 2.05) is 12.1 Å². The first-order valence-corrected chi connectivity index (χ1v) is 10.6. The number of benzene rings is 2. The lowest BCUT2D eigenvalue weighted by Gasteiger charge is -2.26. The van der Waals surface area contributed by atoms with E-state index in [-0.39, 0.29) is 6.54 Å². The van der Waals surface area contributed by atoms with Crippen LogP contribution in [0.25, 0.3) is 0 Å². The fourth-order valence-electron chi connectivity index (χ4n) is 2.89. The molecule has 2 aromatic carbocycles. The van der Waals surface area contributed by atoms with Crippen molar-refractivity contribution >= 4 is 12.1 Å². The fraction of sp³-hybridized carbons (Fsp3) is 0.440. The third-order valence-electron chi connectivity index (χ3n) is 4.64. The van der Waals surface area contributed by atoms with Crippen molar-refractivity contribution < 1.29 is 24.2 Å². The second-order valence-electron chi connectivity index (χ2n) is 8.64. The largest absolute Gasteiger partial charge is 0.444 e. The van der Waals surface area contributed by atoms with Gasteiger partial charge in [-0.05, 0) is 69.0 Å². The van der Waals surface area contributed by atoms with Gasteiger partial charge in [-0.2, -0.15) is 0 Å². The fourth-order valence-corrected chi connectivity index (χ4v) is 2.89. The lowest BCUT2D eigenvalue weighted by atomic mass is 10.1. The highest BCUT2D eigenvalue weighted by Crippen LogP contribution is 2.20. The van der Waals surface area contributed by atoms with E-state index in [0.717, 1.165) is 19.3 Å². The number of likely N-dealkylation sites (N-methyl/N-ethyl adjacent to an activating group) is 1. The summed E-state index contributed by atoms with van der Waals surface area (Å²) in [5, 5.41) is 10.4. The van der Waals surface area contributed by atoms with E-state index in [1.165, 1.54) is 10.5 Å². The van der Waals surface area contributed by atoms with Crippen LogP contribution in [0, 0.1) is 0 Å². The molecule has 2 rings (SSSR count). The van der Waals surface area contributed by atoms with E-state index in [0.29, 0.717) is 16.9 Å². The van der Waals surface area contributed by atoms with Gasteiger partial charge in [-0.3, -0.25) is 0 Å². The zero-order valence-electron chi connectivity index (χ0n) is 19.1. The van der Waals surface area contributed by atoms with Crippen LogP contribution in [-0.2, 0) is 11.2 Å². The lowest BCUT2D eigenvalue weighted by molar-refractivity contribution is 0.0205. The van der Waals surface area contributed by atoms with Crippen molar-refractivity contribution in [3.8, 4) is 5.75 Å². The Bertz CT molecular complexity index is 853. The van der Waals surface area contributed by atoms with Gasteiger partial charge in [0.25, 0.3) is 0 Å². The summed E-state index contributed by atoms with van der Waals surface area (Å²) >= 11 is 0. The molecule has 0 saturated heterocycles. The summed E-state index contributed by atoms with van der Waals surface area (Å²) in [6.07, 6.45) is 1.86. The molecule has 0 bridgehead atoms. The van der Waals surface area contributed by atoms with E-state index in [2.05, 4.69) is 6.92 Å². The monoisotopic (exact) mass is 427 g/mol. The third kappa shape index (κ3) is 8.06. The SMILES string of the molecule is CCCCc1ccc(C(=O)Oc2ccc(C(O)CN(C)C(=O)OC(C)(C)C)cc2)cc1. The summed E-state index contributed by atoms with van der Waals surface area (Å²) in [5.74, 6) is -0.0449. The molecule has 31 heavy (non-hydrogen) atoms. The van der Waals surface area contributed by atoms with Crippen molar-refractivity contribution in [2.24, 2.45) is 0 Å². The zero-order valence-corrected chi connectivity index (χ0v) is 19.1. The summed E-state index contributed by atoms with van der Waals surface area (Å²) < 4.78 is 10.7. The van der Waals surface area contributed by atoms with Gasteiger partial charge in [0.05, 0.1) is 18.2 Å². The molecule has 0 aliphatic heterocycles. The quantitative estimate of drug-likeness (QED) is 0.466. The van der Waals surface area contributed by atoms with Gasteiger partial charge in [0.1, 0.15) is 11.4 Å². The zero-order chi connectivity index (χ0) is 23.0. The minimum absolute atomic E-state index is 0.0818. The van der Waals surface area contributed by atoms with Crippen LogP contribution in [0.1, 0.15) is 68.1 Å². The molecule has 0 aromatic heterocycles. The molecule has 1 amide bonds. The normalized spacial score (nSPS) is 12.2. The molecule has 168 valence electrons. The second-order valence-corrected chi connectivity index (χ2v) is 8.64. The van der Waals surface area contributed by atoms with Gasteiger partial charge in [0.2, 0.25) is 0 Å². The smallest absolute Gasteiger partial charge is 0.410 e. The van der Waals surface area contributed by atoms with Crippen LogP contribution in [0.3, 0.4) is 0 Å². The average Bonchev–Trinajstić information content (AvgIpc) is 2.71. The Morgan fingerprint density at radius 2 is 1.65 bits per heavy atom. The summed E-state index contributed by atoms with van der Waals surface area (Å²) in [5.41, 5.74) is 1.70. The number of hydrogen-bond donors (Lipinski definition) is 1. The second kappa shape index (κ2) is 11.0. The number of amides is 1. The van der Waals surface area contributed by atoms with Gasteiger partial charge in [-0.25, -0.2) is 9.59 Å². The minimum Gasteiger partial charge on any atom is -0.444 e. The Morgan fingerprint density at radius 1 is 1.03 bits per heavy atom. The molecule has 1 N–H and O–H groups in total. The first kappa shape index (κ1) is 24.4. The van der Waals surface area contributed by atoms with Crippen LogP contribution >= 0.6 is 0 Å².